The van der Waals surface area contributed by atoms with Crippen molar-refractivity contribution in [2.75, 3.05) is 4.90 Å². The molecule has 0 amide bonds. The molecule has 250 valence electrons. The molecule has 0 unspecified atom stereocenters. The smallest absolute Gasteiger partial charge is 0.135 e. The highest BCUT2D eigenvalue weighted by Gasteiger charge is 2.36. The Labute approximate surface area is 304 Å². The summed E-state index contributed by atoms with van der Waals surface area (Å²) >= 11 is 0. The third kappa shape index (κ3) is 4.78. The zero-order valence-corrected chi connectivity index (χ0v) is 29.8. The van der Waals surface area contributed by atoms with Crippen molar-refractivity contribution in [2.45, 2.75) is 39.0 Å². The van der Waals surface area contributed by atoms with Crippen molar-refractivity contribution in [1.82, 2.24) is 0 Å². The van der Waals surface area contributed by atoms with Crippen molar-refractivity contribution >= 4 is 60.5 Å². The SMILES string of the molecule is CCCc1ccc2c(c1)-c1ccc(N(c3ccc(-c4ccc5oc6ccccc6c5c4)cc3)c3ccc4ccc5ccccc5c4c3)cc1C2(C)C. The lowest BCUT2D eigenvalue weighted by molar-refractivity contribution is 0.660. The maximum Gasteiger partial charge on any atom is 0.135 e. The van der Waals surface area contributed by atoms with Crippen LogP contribution in [0.15, 0.2) is 162 Å². The van der Waals surface area contributed by atoms with Gasteiger partial charge in [-0.1, -0.05) is 130 Å². The van der Waals surface area contributed by atoms with E-state index in [1.807, 2.05) is 12.1 Å². The monoisotopic (exact) mass is 669 g/mol. The molecule has 1 aliphatic carbocycles. The summed E-state index contributed by atoms with van der Waals surface area (Å²) < 4.78 is 6.13. The Morgan fingerprint density at radius 3 is 2.00 bits per heavy atom. The summed E-state index contributed by atoms with van der Waals surface area (Å²) in [5, 5.41) is 7.32. The Bertz CT molecular complexity index is 2840. The molecule has 1 aromatic heterocycles. The highest BCUT2D eigenvalue weighted by Crippen LogP contribution is 2.51. The van der Waals surface area contributed by atoms with Gasteiger partial charge in [0, 0.05) is 33.2 Å². The van der Waals surface area contributed by atoms with Crippen LogP contribution in [0.1, 0.15) is 43.9 Å². The lowest BCUT2D eigenvalue weighted by Gasteiger charge is -2.28. The normalized spacial score (nSPS) is 13.2. The molecule has 1 aliphatic rings. The minimum absolute atomic E-state index is 0.101. The Morgan fingerprint density at radius 2 is 1.15 bits per heavy atom. The molecule has 2 heteroatoms. The molecule has 0 saturated carbocycles. The number of hydrogen-bond donors (Lipinski definition) is 0. The molecule has 10 rings (SSSR count). The van der Waals surface area contributed by atoms with Crippen LogP contribution in [0.2, 0.25) is 0 Å². The lowest BCUT2D eigenvalue weighted by Crippen LogP contribution is -2.16. The van der Waals surface area contributed by atoms with Crippen molar-refractivity contribution in [3.05, 3.63) is 174 Å². The highest BCUT2D eigenvalue weighted by molar-refractivity contribution is 6.09. The number of hydrogen-bond acceptors (Lipinski definition) is 2. The van der Waals surface area contributed by atoms with Gasteiger partial charge in [0.15, 0.2) is 0 Å². The van der Waals surface area contributed by atoms with Crippen LogP contribution in [0.4, 0.5) is 17.1 Å². The van der Waals surface area contributed by atoms with E-state index in [1.54, 1.807) is 0 Å². The van der Waals surface area contributed by atoms with E-state index in [1.165, 1.54) is 60.5 Å². The van der Waals surface area contributed by atoms with Gasteiger partial charge in [-0.2, -0.15) is 0 Å². The summed E-state index contributed by atoms with van der Waals surface area (Å²) in [6.07, 6.45) is 2.26. The second kappa shape index (κ2) is 11.7. The van der Waals surface area contributed by atoms with Crippen LogP contribution in [0, 0.1) is 0 Å². The molecule has 0 spiro atoms. The average Bonchev–Trinajstić information content (AvgIpc) is 3.66. The molecule has 0 radical (unpaired) electrons. The topological polar surface area (TPSA) is 16.4 Å². The third-order valence-electron chi connectivity index (χ3n) is 11.3. The average molecular weight is 670 g/mol. The van der Waals surface area contributed by atoms with E-state index in [4.69, 9.17) is 4.42 Å². The van der Waals surface area contributed by atoms with E-state index in [9.17, 15) is 0 Å². The van der Waals surface area contributed by atoms with Crippen LogP contribution >= 0.6 is 0 Å². The van der Waals surface area contributed by atoms with Crippen LogP contribution in [0.3, 0.4) is 0 Å². The molecule has 0 saturated heterocycles. The van der Waals surface area contributed by atoms with E-state index >= 15 is 0 Å². The first-order chi connectivity index (χ1) is 25.5. The minimum Gasteiger partial charge on any atom is -0.456 e. The van der Waals surface area contributed by atoms with E-state index in [2.05, 4.69) is 171 Å². The maximum absolute atomic E-state index is 6.13. The standard InChI is InChI=1S/C50H39NO/c1-4-9-32-14-26-46-44(28-32)41-25-24-39(31-47(41)50(46,2)3)51(38-23-19-35-16-15-34-10-5-6-11-40(34)43(35)30-38)37-21-17-33(18-22-37)36-20-27-49-45(29-36)42-12-7-8-13-48(42)52-49/h5-8,10-31H,4,9H2,1-3H3. The van der Waals surface area contributed by atoms with Crippen molar-refractivity contribution < 1.29 is 4.42 Å². The second-order valence-electron chi connectivity index (χ2n) is 14.9. The van der Waals surface area contributed by atoms with Gasteiger partial charge in [0.2, 0.25) is 0 Å². The number of rotatable bonds is 6. The van der Waals surface area contributed by atoms with Crippen LogP contribution < -0.4 is 4.90 Å². The molecule has 2 nitrogen and oxygen atoms in total. The molecule has 0 atom stereocenters. The number of benzene rings is 8. The number of para-hydroxylation sites is 1. The molecule has 52 heavy (non-hydrogen) atoms. The van der Waals surface area contributed by atoms with Gasteiger partial charge in [0.1, 0.15) is 11.2 Å². The molecule has 0 bridgehead atoms. The van der Waals surface area contributed by atoms with Crippen molar-refractivity contribution in [3.8, 4) is 22.3 Å². The minimum atomic E-state index is -0.101. The van der Waals surface area contributed by atoms with Gasteiger partial charge in [-0.15, -0.1) is 0 Å². The predicted molar refractivity (Wildman–Crippen MR) is 220 cm³/mol. The first-order valence-corrected chi connectivity index (χ1v) is 18.5. The summed E-state index contributed by atoms with van der Waals surface area (Å²) in [7, 11) is 0. The number of nitrogens with zero attached hydrogens (tertiary/aromatic N) is 1. The van der Waals surface area contributed by atoms with Crippen LogP contribution in [-0.2, 0) is 11.8 Å². The number of aryl methyl sites for hydroxylation is 1. The van der Waals surface area contributed by atoms with Gasteiger partial charge >= 0.3 is 0 Å². The first kappa shape index (κ1) is 30.7. The van der Waals surface area contributed by atoms with E-state index in [0.29, 0.717) is 0 Å². The fourth-order valence-electron chi connectivity index (χ4n) is 8.66. The molecular formula is C50H39NO. The van der Waals surface area contributed by atoms with Crippen LogP contribution in [0.5, 0.6) is 0 Å². The fourth-order valence-corrected chi connectivity index (χ4v) is 8.66. The Kier molecular flexibility index (Phi) is 6.91. The van der Waals surface area contributed by atoms with Crippen molar-refractivity contribution in [3.63, 3.8) is 0 Å². The number of furan rings is 1. The summed E-state index contributed by atoms with van der Waals surface area (Å²) in [6.45, 7) is 7.01. The van der Waals surface area contributed by atoms with Gasteiger partial charge < -0.3 is 9.32 Å². The van der Waals surface area contributed by atoms with Crippen molar-refractivity contribution in [2.24, 2.45) is 0 Å². The van der Waals surface area contributed by atoms with E-state index in [0.717, 1.165) is 51.8 Å². The van der Waals surface area contributed by atoms with E-state index < -0.39 is 0 Å². The Balaban J connectivity index is 1.12. The zero-order valence-electron chi connectivity index (χ0n) is 29.8. The van der Waals surface area contributed by atoms with Crippen LogP contribution in [0.25, 0.3) is 65.7 Å². The molecule has 9 aromatic rings. The van der Waals surface area contributed by atoms with Gasteiger partial charge in [-0.3, -0.25) is 0 Å². The van der Waals surface area contributed by atoms with Crippen molar-refractivity contribution in [1.29, 1.82) is 0 Å². The highest BCUT2D eigenvalue weighted by atomic mass is 16.3. The van der Waals surface area contributed by atoms with Gasteiger partial charge in [0.05, 0.1) is 0 Å². The summed E-state index contributed by atoms with van der Waals surface area (Å²) in [4.78, 5) is 2.43. The summed E-state index contributed by atoms with van der Waals surface area (Å²) in [5.74, 6) is 0. The largest absolute Gasteiger partial charge is 0.456 e. The summed E-state index contributed by atoms with van der Waals surface area (Å²) in [5.41, 5.74) is 14.4. The molecule has 0 N–H and O–H groups in total. The summed E-state index contributed by atoms with van der Waals surface area (Å²) in [6, 6.07) is 58.2. The molecule has 8 aromatic carbocycles. The van der Waals surface area contributed by atoms with Crippen LogP contribution in [-0.4, -0.2) is 0 Å². The lowest BCUT2D eigenvalue weighted by atomic mass is 9.82. The molecule has 0 fully saturated rings. The first-order valence-electron chi connectivity index (χ1n) is 18.5. The molecule has 0 aliphatic heterocycles. The number of fused-ring (bicyclic) bond motifs is 9. The quantitative estimate of drug-likeness (QED) is 0.164. The zero-order chi connectivity index (χ0) is 35.0. The second-order valence-corrected chi connectivity index (χ2v) is 14.9. The van der Waals surface area contributed by atoms with Gasteiger partial charge in [-0.05, 0) is 122 Å². The van der Waals surface area contributed by atoms with Gasteiger partial charge in [-0.25, -0.2) is 0 Å². The number of anilines is 3. The van der Waals surface area contributed by atoms with E-state index in [-0.39, 0.29) is 5.41 Å². The third-order valence-corrected chi connectivity index (χ3v) is 11.3. The molecular weight excluding hydrogens is 631 g/mol. The Morgan fingerprint density at radius 1 is 0.481 bits per heavy atom. The van der Waals surface area contributed by atoms with Gasteiger partial charge in [0.25, 0.3) is 0 Å². The predicted octanol–water partition coefficient (Wildman–Crippen LogP) is 14.3. The Hall–Kier alpha value is -6.12. The fraction of sp³-hybridized carbons (Fsp3) is 0.120. The molecule has 1 heterocycles. The maximum atomic E-state index is 6.13.